The highest BCUT2D eigenvalue weighted by Crippen LogP contribution is 2.19. The first kappa shape index (κ1) is 16.8. The fourth-order valence-electron chi connectivity index (χ4n) is 2.14. The highest BCUT2D eigenvalue weighted by Gasteiger charge is 2.11. The second-order valence-corrected chi connectivity index (χ2v) is 4.99. The Labute approximate surface area is 136 Å². The summed E-state index contributed by atoms with van der Waals surface area (Å²) < 4.78 is 10.6. The van der Waals surface area contributed by atoms with Crippen LogP contribution in [0.4, 0.5) is 0 Å². The number of nitrogens with one attached hydrogen (secondary N) is 1. The highest BCUT2D eigenvalue weighted by molar-refractivity contribution is 5.91. The Balaban J connectivity index is 1.89. The van der Waals surface area contributed by atoms with Crippen LogP contribution in [0.5, 0.6) is 5.75 Å². The van der Waals surface area contributed by atoms with Crippen molar-refractivity contribution in [3.8, 4) is 5.75 Å². The van der Waals surface area contributed by atoms with Gasteiger partial charge in [-0.25, -0.2) is 0 Å². The van der Waals surface area contributed by atoms with E-state index in [0.29, 0.717) is 6.54 Å². The lowest BCUT2D eigenvalue weighted by Crippen LogP contribution is -2.27. The molecule has 2 aromatic rings. The van der Waals surface area contributed by atoms with Crippen LogP contribution >= 0.6 is 0 Å². The average Bonchev–Trinajstić information content (AvgIpc) is 2.62. The summed E-state index contributed by atoms with van der Waals surface area (Å²) >= 11 is 0. The van der Waals surface area contributed by atoms with Crippen LogP contribution in [0.15, 0.2) is 60.7 Å². The van der Waals surface area contributed by atoms with Crippen LogP contribution in [0.3, 0.4) is 0 Å². The molecule has 1 N–H and O–H groups in total. The first-order valence-electron chi connectivity index (χ1n) is 7.40. The lowest BCUT2D eigenvalue weighted by molar-refractivity contribution is -0.117. The molecule has 2 rings (SSSR count). The summed E-state index contributed by atoms with van der Waals surface area (Å²) in [6.45, 7) is 0.404. The van der Waals surface area contributed by atoms with Gasteiger partial charge in [-0.1, -0.05) is 42.5 Å². The van der Waals surface area contributed by atoms with E-state index in [-0.39, 0.29) is 12.0 Å². The molecule has 0 unspecified atom stereocenters. The lowest BCUT2D eigenvalue weighted by Gasteiger charge is -2.16. The third-order valence-electron chi connectivity index (χ3n) is 3.46. The molecule has 0 radical (unpaired) electrons. The van der Waals surface area contributed by atoms with E-state index in [1.807, 2.05) is 54.6 Å². The fourth-order valence-corrected chi connectivity index (χ4v) is 2.14. The van der Waals surface area contributed by atoms with Gasteiger partial charge < -0.3 is 14.8 Å². The Morgan fingerprint density at radius 1 is 1.09 bits per heavy atom. The molecule has 0 spiro atoms. The van der Waals surface area contributed by atoms with E-state index >= 15 is 0 Å². The first-order valence-corrected chi connectivity index (χ1v) is 7.40. The number of hydrogen-bond acceptors (Lipinski definition) is 3. The number of carbonyl (C=O) groups excluding carboxylic acids is 1. The number of amides is 1. The maximum absolute atomic E-state index is 11.9. The van der Waals surface area contributed by atoms with Crippen molar-refractivity contribution in [3.05, 3.63) is 71.8 Å². The predicted molar refractivity (Wildman–Crippen MR) is 91.2 cm³/mol. The Hall–Kier alpha value is -2.59. The summed E-state index contributed by atoms with van der Waals surface area (Å²) in [6, 6.07) is 17.3. The van der Waals surface area contributed by atoms with Gasteiger partial charge in [-0.15, -0.1) is 0 Å². The zero-order valence-electron chi connectivity index (χ0n) is 13.4. The van der Waals surface area contributed by atoms with E-state index < -0.39 is 0 Å². The SMILES string of the molecule is COc1ccc([C@@H](CNC(=O)C=Cc2ccccc2)OC)cc1. The van der Waals surface area contributed by atoms with Gasteiger partial charge in [0.25, 0.3) is 0 Å². The van der Waals surface area contributed by atoms with Gasteiger partial charge in [-0.3, -0.25) is 4.79 Å². The van der Waals surface area contributed by atoms with Gasteiger partial charge in [0.2, 0.25) is 5.91 Å². The molecule has 23 heavy (non-hydrogen) atoms. The van der Waals surface area contributed by atoms with Gasteiger partial charge in [0.05, 0.1) is 13.2 Å². The van der Waals surface area contributed by atoms with E-state index in [4.69, 9.17) is 9.47 Å². The van der Waals surface area contributed by atoms with Gasteiger partial charge in [-0.2, -0.15) is 0 Å². The van der Waals surface area contributed by atoms with Gasteiger partial charge in [0.1, 0.15) is 5.75 Å². The maximum atomic E-state index is 11.9. The third-order valence-corrected chi connectivity index (χ3v) is 3.46. The van der Waals surface area contributed by atoms with Crippen molar-refractivity contribution < 1.29 is 14.3 Å². The smallest absolute Gasteiger partial charge is 0.244 e. The van der Waals surface area contributed by atoms with Crippen molar-refractivity contribution in [2.24, 2.45) is 0 Å². The van der Waals surface area contributed by atoms with Crippen LogP contribution in [-0.4, -0.2) is 26.7 Å². The normalized spacial score (nSPS) is 12.1. The van der Waals surface area contributed by atoms with Crippen LogP contribution in [0.1, 0.15) is 17.2 Å². The van der Waals surface area contributed by atoms with E-state index in [0.717, 1.165) is 16.9 Å². The standard InChI is InChI=1S/C19H21NO3/c1-22-17-11-9-16(10-12-17)18(23-2)14-20-19(21)13-8-15-6-4-3-5-7-15/h3-13,18H,14H2,1-2H3,(H,20,21)/t18-/m1/s1. The van der Waals surface area contributed by atoms with Crippen LogP contribution in [0, 0.1) is 0 Å². The third kappa shape index (κ3) is 5.27. The van der Waals surface area contributed by atoms with E-state index in [1.165, 1.54) is 6.08 Å². The molecule has 1 amide bonds. The molecular weight excluding hydrogens is 290 g/mol. The minimum absolute atomic E-state index is 0.149. The summed E-state index contributed by atoms with van der Waals surface area (Å²) in [6.07, 6.45) is 3.11. The number of ether oxygens (including phenoxy) is 2. The molecule has 4 heteroatoms. The molecule has 0 heterocycles. The number of rotatable bonds is 7. The first-order chi connectivity index (χ1) is 11.2. The summed E-state index contributed by atoms with van der Waals surface area (Å²) in [4.78, 5) is 11.9. The molecule has 0 saturated carbocycles. The molecule has 0 bridgehead atoms. The molecule has 0 aliphatic carbocycles. The molecule has 120 valence electrons. The number of benzene rings is 2. The van der Waals surface area contributed by atoms with Crippen molar-refractivity contribution >= 4 is 12.0 Å². The fraction of sp³-hybridized carbons (Fsp3) is 0.211. The summed E-state index contributed by atoms with van der Waals surface area (Å²) in [7, 11) is 3.25. The zero-order valence-corrected chi connectivity index (χ0v) is 13.4. The Morgan fingerprint density at radius 2 is 1.78 bits per heavy atom. The monoisotopic (exact) mass is 311 g/mol. The van der Waals surface area contributed by atoms with Crippen LogP contribution < -0.4 is 10.1 Å². The molecule has 1 atom stereocenters. The molecular formula is C19H21NO3. The highest BCUT2D eigenvalue weighted by atomic mass is 16.5. The van der Waals surface area contributed by atoms with Crippen LogP contribution in [0.2, 0.25) is 0 Å². The van der Waals surface area contributed by atoms with Gasteiger partial charge >= 0.3 is 0 Å². The van der Waals surface area contributed by atoms with Crippen LogP contribution in [0.25, 0.3) is 6.08 Å². The molecule has 2 aromatic carbocycles. The number of methoxy groups -OCH3 is 2. The largest absolute Gasteiger partial charge is 0.497 e. The summed E-state index contributed by atoms with van der Waals surface area (Å²) in [5, 5.41) is 2.85. The zero-order chi connectivity index (χ0) is 16.5. The Kier molecular flexibility index (Phi) is 6.39. The van der Waals surface area contributed by atoms with Crippen molar-refractivity contribution in [1.82, 2.24) is 5.32 Å². The Morgan fingerprint density at radius 3 is 2.39 bits per heavy atom. The predicted octanol–water partition coefficient (Wildman–Crippen LogP) is 3.21. The van der Waals surface area contributed by atoms with Crippen molar-refractivity contribution in [3.63, 3.8) is 0 Å². The molecule has 0 saturated heterocycles. The molecule has 0 fully saturated rings. The maximum Gasteiger partial charge on any atom is 0.244 e. The summed E-state index contributed by atoms with van der Waals surface area (Å²) in [5.74, 6) is 0.642. The Bertz CT molecular complexity index is 635. The average molecular weight is 311 g/mol. The van der Waals surface area contributed by atoms with E-state index in [1.54, 1.807) is 20.3 Å². The topological polar surface area (TPSA) is 47.6 Å². The quantitative estimate of drug-likeness (QED) is 0.799. The molecule has 0 aromatic heterocycles. The molecule has 0 aliphatic heterocycles. The van der Waals surface area contributed by atoms with Crippen molar-refractivity contribution in [2.45, 2.75) is 6.10 Å². The number of carbonyl (C=O) groups is 1. The molecule has 4 nitrogen and oxygen atoms in total. The van der Waals surface area contributed by atoms with E-state index in [2.05, 4.69) is 5.32 Å². The molecule has 0 aliphatic rings. The lowest BCUT2D eigenvalue weighted by atomic mass is 10.1. The summed E-state index contributed by atoms with van der Waals surface area (Å²) in [5.41, 5.74) is 1.97. The number of hydrogen-bond donors (Lipinski definition) is 1. The van der Waals surface area contributed by atoms with E-state index in [9.17, 15) is 4.79 Å². The van der Waals surface area contributed by atoms with Gasteiger partial charge in [-0.05, 0) is 29.3 Å². The van der Waals surface area contributed by atoms with Gasteiger partial charge in [0.15, 0.2) is 0 Å². The second kappa shape index (κ2) is 8.76. The van der Waals surface area contributed by atoms with Crippen molar-refractivity contribution in [2.75, 3.05) is 20.8 Å². The van der Waals surface area contributed by atoms with Crippen LogP contribution in [-0.2, 0) is 9.53 Å². The van der Waals surface area contributed by atoms with Crippen molar-refractivity contribution in [1.29, 1.82) is 0 Å². The minimum Gasteiger partial charge on any atom is -0.497 e. The second-order valence-electron chi connectivity index (χ2n) is 4.99. The minimum atomic E-state index is -0.199. The van der Waals surface area contributed by atoms with Gasteiger partial charge in [0, 0.05) is 19.7 Å².